The van der Waals surface area contributed by atoms with Crippen molar-refractivity contribution >= 4 is 11.6 Å². The van der Waals surface area contributed by atoms with E-state index in [4.69, 9.17) is 16.3 Å². The van der Waals surface area contributed by atoms with Crippen LogP contribution in [0.4, 0.5) is 0 Å². The van der Waals surface area contributed by atoms with E-state index in [1.165, 1.54) is 24.8 Å². The van der Waals surface area contributed by atoms with Crippen LogP contribution in [0.2, 0.25) is 5.02 Å². The summed E-state index contributed by atoms with van der Waals surface area (Å²) in [6, 6.07) is 6.22. The van der Waals surface area contributed by atoms with Crippen LogP contribution in [-0.4, -0.2) is 20.2 Å². The fraction of sp³-hybridized carbons (Fsp3) is 0.600. The second kappa shape index (κ2) is 6.44. The van der Waals surface area contributed by atoms with E-state index in [2.05, 4.69) is 24.4 Å². The minimum absolute atomic E-state index is 0.648. The van der Waals surface area contributed by atoms with Crippen molar-refractivity contribution in [2.24, 2.45) is 5.92 Å². The molecule has 1 aliphatic carbocycles. The van der Waals surface area contributed by atoms with Gasteiger partial charge in [-0.2, -0.15) is 0 Å². The Hall–Kier alpha value is -0.730. The number of halogens is 1. The van der Waals surface area contributed by atoms with E-state index in [-0.39, 0.29) is 0 Å². The van der Waals surface area contributed by atoms with Gasteiger partial charge in [0.25, 0.3) is 0 Å². The first-order valence-corrected chi connectivity index (χ1v) is 7.18. The molecule has 1 aromatic carbocycles. The Bertz CT molecular complexity index is 394. The molecule has 0 spiro atoms. The van der Waals surface area contributed by atoms with E-state index in [1.807, 2.05) is 6.07 Å². The molecule has 18 heavy (non-hydrogen) atoms. The molecule has 0 heterocycles. The molecule has 2 nitrogen and oxygen atoms in total. The van der Waals surface area contributed by atoms with E-state index in [0.717, 1.165) is 24.8 Å². The second-order valence-corrected chi connectivity index (χ2v) is 5.41. The summed E-state index contributed by atoms with van der Waals surface area (Å²) in [7, 11) is 1.68. The predicted molar refractivity (Wildman–Crippen MR) is 76.6 cm³/mol. The molecule has 3 heteroatoms. The van der Waals surface area contributed by atoms with Gasteiger partial charge in [-0.05, 0) is 55.5 Å². The quantitative estimate of drug-likeness (QED) is 0.875. The van der Waals surface area contributed by atoms with Crippen molar-refractivity contribution in [1.29, 1.82) is 0 Å². The molecule has 1 fully saturated rings. The Morgan fingerprint density at radius 3 is 2.94 bits per heavy atom. The molecule has 100 valence electrons. The predicted octanol–water partition coefficient (Wildman–Crippen LogP) is 3.84. The number of hydrogen-bond acceptors (Lipinski definition) is 2. The standard InChI is InChI=1S/C15H22ClNO/c1-3-17-10-12-5-4-6-13(12)11-7-8-14(16)15(9-11)18-2/h7-9,12-13,17H,3-6,10H2,1-2H3. The average molecular weight is 268 g/mol. The van der Waals surface area contributed by atoms with Gasteiger partial charge in [0.2, 0.25) is 0 Å². The number of hydrogen-bond donors (Lipinski definition) is 1. The van der Waals surface area contributed by atoms with Crippen LogP contribution < -0.4 is 10.1 Å². The Balaban J connectivity index is 2.14. The average Bonchev–Trinajstić information content (AvgIpc) is 2.85. The number of rotatable bonds is 5. The minimum atomic E-state index is 0.648. The van der Waals surface area contributed by atoms with Gasteiger partial charge in [-0.25, -0.2) is 0 Å². The maximum Gasteiger partial charge on any atom is 0.137 e. The Morgan fingerprint density at radius 2 is 2.22 bits per heavy atom. The lowest BCUT2D eigenvalue weighted by Crippen LogP contribution is -2.24. The fourth-order valence-corrected chi connectivity index (χ4v) is 3.15. The zero-order valence-electron chi connectivity index (χ0n) is 11.2. The molecular weight excluding hydrogens is 246 g/mol. The van der Waals surface area contributed by atoms with E-state index >= 15 is 0 Å². The van der Waals surface area contributed by atoms with Gasteiger partial charge in [0, 0.05) is 0 Å². The van der Waals surface area contributed by atoms with E-state index < -0.39 is 0 Å². The van der Waals surface area contributed by atoms with Crippen LogP contribution in [0.1, 0.15) is 37.7 Å². The largest absolute Gasteiger partial charge is 0.495 e. The molecule has 1 N–H and O–H groups in total. The van der Waals surface area contributed by atoms with Crippen molar-refractivity contribution in [3.8, 4) is 5.75 Å². The van der Waals surface area contributed by atoms with Crippen molar-refractivity contribution in [1.82, 2.24) is 5.32 Å². The number of benzene rings is 1. The van der Waals surface area contributed by atoms with Gasteiger partial charge in [0.15, 0.2) is 0 Å². The van der Waals surface area contributed by atoms with Crippen LogP contribution in [0.3, 0.4) is 0 Å². The highest BCUT2D eigenvalue weighted by molar-refractivity contribution is 6.32. The van der Waals surface area contributed by atoms with Crippen LogP contribution in [0.5, 0.6) is 5.75 Å². The Labute approximate surface area is 115 Å². The molecule has 0 aliphatic heterocycles. The third-order valence-electron chi connectivity index (χ3n) is 3.92. The molecule has 1 aromatic rings. The first-order chi connectivity index (χ1) is 8.76. The lowest BCUT2D eigenvalue weighted by molar-refractivity contribution is 0.411. The van der Waals surface area contributed by atoms with Crippen LogP contribution in [0.25, 0.3) is 0 Å². The molecule has 0 radical (unpaired) electrons. The monoisotopic (exact) mass is 267 g/mol. The van der Waals surface area contributed by atoms with Crippen molar-refractivity contribution in [3.05, 3.63) is 28.8 Å². The van der Waals surface area contributed by atoms with Crippen molar-refractivity contribution < 1.29 is 4.74 Å². The van der Waals surface area contributed by atoms with Gasteiger partial charge >= 0.3 is 0 Å². The zero-order chi connectivity index (χ0) is 13.0. The van der Waals surface area contributed by atoms with Gasteiger partial charge in [0.05, 0.1) is 12.1 Å². The molecule has 0 bridgehead atoms. The normalized spacial score (nSPS) is 23.3. The molecule has 0 amide bonds. The lowest BCUT2D eigenvalue weighted by atomic mass is 9.88. The van der Waals surface area contributed by atoms with Gasteiger partial charge in [0.1, 0.15) is 5.75 Å². The first-order valence-electron chi connectivity index (χ1n) is 6.80. The summed E-state index contributed by atoms with van der Waals surface area (Å²) in [5.41, 5.74) is 1.37. The third-order valence-corrected chi connectivity index (χ3v) is 4.23. The van der Waals surface area contributed by atoms with Crippen molar-refractivity contribution in [2.75, 3.05) is 20.2 Å². The zero-order valence-corrected chi connectivity index (χ0v) is 12.0. The smallest absolute Gasteiger partial charge is 0.137 e. The Kier molecular flexibility index (Phi) is 4.90. The van der Waals surface area contributed by atoms with Crippen molar-refractivity contribution in [2.45, 2.75) is 32.1 Å². The highest BCUT2D eigenvalue weighted by Gasteiger charge is 2.28. The van der Waals surface area contributed by atoms with Crippen molar-refractivity contribution in [3.63, 3.8) is 0 Å². The highest BCUT2D eigenvalue weighted by atomic mass is 35.5. The van der Waals surface area contributed by atoms with Crippen LogP contribution in [0.15, 0.2) is 18.2 Å². The molecule has 2 rings (SSSR count). The highest BCUT2D eigenvalue weighted by Crippen LogP contribution is 2.41. The first kappa shape index (κ1) is 13.7. The summed E-state index contributed by atoms with van der Waals surface area (Å²) in [6.45, 7) is 4.33. The number of ether oxygens (including phenoxy) is 1. The van der Waals surface area contributed by atoms with E-state index in [1.54, 1.807) is 7.11 Å². The Morgan fingerprint density at radius 1 is 1.39 bits per heavy atom. The summed E-state index contributed by atoms with van der Waals surface area (Å²) in [5, 5.41) is 4.17. The molecule has 0 aromatic heterocycles. The topological polar surface area (TPSA) is 21.3 Å². The molecule has 1 aliphatic rings. The second-order valence-electron chi connectivity index (χ2n) is 5.00. The summed E-state index contributed by atoms with van der Waals surface area (Å²) >= 11 is 6.09. The lowest BCUT2D eigenvalue weighted by Gasteiger charge is -2.21. The summed E-state index contributed by atoms with van der Waals surface area (Å²) in [4.78, 5) is 0. The number of nitrogens with one attached hydrogen (secondary N) is 1. The van der Waals surface area contributed by atoms with E-state index in [0.29, 0.717) is 10.9 Å². The van der Waals surface area contributed by atoms with Gasteiger partial charge in [-0.3, -0.25) is 0 Å². The summed E-state index contributed by atoms with van der Waals surface area (Å²) in [6.07, 6.45) is 3.93. The summed E-state index contributed by atoms with van der Waals surface area (Å²) in [5.74, 6) is 2.19. The van der Waals surface area contributed by atoms with Crippen LogP contribution >= 0.6 is 11.6 Å². The molecule has 2 atom stereocenters. The minimum Gasteiger partial charge on any atom is -0.495 e. The van der Waals surface area contributed by atoms with Gasteiger partial charge < -0.3 is 10.1 Å². The molecular formula is C15H22ClNO. The van der Waals surface area contributed by atoms with Gasteiger partial charge in [-0.15, -0.1) is 0 Å². The SMILES string of the molecule is CCNCC1CCCC1c1ccc(Cl)c(OC)c1. The summed E-state index contributed by atoms with van der Waals surface area (Å²) < 4.78 is 5.31. The van der Waals surface area contributed by atoms with Crippen LogP contribution in [-0.2, 0) is 0 Å². The van der Waals surface area contributed by atoms with E-state index in [9.17, 15) is 0 Å². The van der Waals surface area contributed by atoms with Crippen LogP contribution in [0, 0.1) is 5.92 Å². The fourth-order valence-electron chi connectivity index (χ4n) is 2.96. The molecule has 0 saturated heterocycles. The molecule has 1 saturated carbocycles. The number of methoxy groups -OCH3 is 1. The third kappa shape index (κ3) is 2.99. The maximum absolute atomic E-state index is 6.09. The molecule has 2 unspecified atom stereocenters. The van der Waals surface area contributed by atoms with Gasteiger partial charge in [-0.1, -0.05) is 31.0 Å². The maximum atomic E-state index is 6.09.